The Morgan fingerprint density at radius 3 is 2.68 bits per heavy atom. The van der Waals surface area contributed by atoms with E-state index >= 15 is 0 Å². The average molecular weight is 410 g/mol. The van der Waals surface area contributed by atoms with E-state index in [0.717, 1.165) is 38.2 Å². The lowest BCUT2D eigenvalue weighted by Gasteiger charge is -2.41. The normalized spacial score (nSPS) is 20.1. The number of halogens is 1. The molecular formula is C21H32ClN3O3. The van der Waals surface area contributed by atoms with Crippen LogP contribution in [0, 0.1) is 0 Å². The van der Waals surface area contributed by atoms with Gasteiger partial charge in [-0.2, -0.15) is 0 Å². The Morgan fingerprint density at radius 2 is 2.00 bits per heavy atom. The molecule has 7 heteroatoms. The van der Waals surface area contributed by atoms with Gasteiger partial charge in [0.2, 0.25) is 11.8 Å². The molecule has 0 bridgehead atoms. The third-order valence-corrected chi connectivity index (χ3v) is 5.45. The summed E-state index contributed by atoms with van der Waals surface area (Å²) in [5.41, 5.74) is 1.28. The number of likely N-dealkylation sites (tertiary alicyclic amines) is 1. The fourth-order valence-corrected chi connectivity index (χ4v) is 3.81. The third-order valence-electron chi connectivity index (χ3n) is 5.45. The predicted octanol–water partition coefficient (Wildman–Crippen LogP) is 2.42. The summed E-state index contributed by atoms with van der Waals surface area (Å²) in [6.07, 6.45) is 2.30. The molecule has 1 aromatic rings. The largest absolute Gasteiger partial charge is 0.493 e. The van der Waals surface area contributed by atoms with Crippen LogP contribution in [-0.2, 0) is 9.59 Å². The molecule has 2 amide bonds. The molecule has 28 heavy (non-hydrogen) atoms. The standard InChI is InChI=1S/C21H31N3O3.ClH/c1-16(2)17-5-7-19(8-6-17)27-13-9-20(25)23-11-3-4-18(15-23)24-12-10-22-14-21(24)26;/h5-8,16,18,22H,3-4,9-15H2,1-2H3;1H. The summed E-state index contributed by atoms with van der Waals surface area (Å²) < 4.78 is 5.74. The number of nitrogens with one attached hydrogen (secondary N) is 1. The molecule has 2 aliphatic rings. The molecule has 0 aromatic heterocycles. The molecule has 3 rings (SSSR count). The van der Waals surface area contributed by atoms with Gasteiger partial charge in [-0.05, 0) is 36.5 Å². The van der Waals surface area contributed by atoms with Crippen LogP contribution in [0.5, 0.6) is 5.75 Å². The van der Waals surface area contributed by atoms with Crippen LogP contribution in [0.15, 0.2) is 24.3 Å². The molecule has 2 saturated heterocycles. The molecular weight excluding hydrogens is 378 g/mol. The summed E-state index contributed by atoms with van der Waals surface area (Å²) in [4.78, 5) is 28.5. The second-order valence-electron chi connectivity index (χ2n) is 7.72. The first kappa shape index (κ1) is 22.5. The number of hydrogen-bond acceptors (Lipinski definition) is 4. The van der Waals surface area contributed by atoms with Gasteiger partial charge < -0.3 is 19.9 Å². The van der Waals surface area contributed by atoms with Gasteiger partial charge in [-0.3, -0.25) is 9.59 Å². The summed E-state index contributed by atoms with van der Waals surface area (Å²) in [7, 11) is 0. The number of nitrogens with zero attached hydrogens (tertiary/aromatic N) is 2. The van der Waals surface area contributed by atoms with Gasteiger partial charge in [0.1, 0.15) is 5.75 Å². The quantitative estimate of drug-likeness (QED) is 0.783. The minimum absolute atomic E-state index is 0. The van der Waals surface area contributed by atoms with Crippen molar-refractivity contribution in [2.24, 2.45) is 0 Å². The van der Waals surface area contributed by atoms with Crippen molar-refractivity contribution in [2.75, 3.05) is 39.3 Å². The number of benzene rings is 1. The van der Waals surface area contributed by atoms with Crippen LogP contribution in [0.25, 0.3) is 0 Å². The number of hydrogen-bond donors (Lipinski definition) is 1. The SMILES string of the molecule is CC(C)c1ccc(OCCC(=O)N2CCCC(N3CCNCC3=O)C2)cc1.Cl. The van der Waals surface area contributed by atoms with E-state index in [1.807, 2.05) is 21.9 Å². The Kier molecular flexibility index (Phi) is 8.58. The maximum absolute atomic E-state index is 12.6. The molecule has 0 radical (unpaired) electrons. The van der Waals surface area contributed by atoms with Crippen LogP contribution in [0.3, 0.4) is 0 Å². The number of amides is 2. The maximum Gasteiger partial charge on any atom is 0.236 e. The van der Waals surface area contributed by atoms with Gasteiger partial charge in [-0.25, -0.2) is 0 Å². The number of ether oxygens (including phenoxy) is 1. The molecule has 1 atom stereocenters. The number of rotatable bonds is 6. The van der Waals surface area contributed by atoms with Crippen LogP contribution < -0.4 is 10.1 Å². The second-order valence-corrected chi connectivity index (χ2v) is 7.72. The van der Waals surface area contributed by atoms with Crippen molar-refractivity contribution in [1.29, 1.82) is 0 Å². The van der Waals surface area contributed by atoms with Crippen molar-refractivity contribution < 1.29 is 14.3 Å². The van der Waals surface area contributed by atoms with Crippen molar-refractivity contribution in [3.05, 3.63) is 29.8 Å². The monoisotopic (exact) mass is 409 g/mol. The lowest BCUT2D eigenvalue weighted by atomic mass is 10.0. The average Bonchev–Trinajstić information content (AvgIpc) is 2.69. The van der Waals surface area contributed by atoms with Crippen LogP contribution in [0.1, 0.15) is 44.6 Å². The molecule has 0 spiro atoms. The fourth-order valence-electron chi connectivity index (χ4n) is 3.81. The van der Waals surface area contributed by atoms with E-state index in [-0.39, 0.29) is 30.3 Å². The van der Waals surface area contributed by atoms with Crippen LogP contribution in [0.4, 0.5) is 0 Å². The smallest absolute Gasteiger partial charge is 0.236 e. The van der Waals surface area contributed by atoms with E-state index in [2.05, 4.69) is 31.3 Å². The van der Waals surface area contributed by atoms with Gasteiger partial charge in [-0.15, -0.1) is 12.4 Å². The van der Waals surface area contributed by atoms with Crippen molar-refractivity contribution in [3.8, 4) is 5.75 Å². The van der Waals surface area contributed by atoms with Gasteiger partial charge in [0.25, 0.3) is 0 Å². The Morgan fingerprint density at radius 1 is 1.25 bits per heavy atom. The topological polar surface area (TPSA) is 61.9 Å². The highest BCUT2D eigenvalue weighted by atomic mass is 35.5. The molecule has 1 unspecified atom stereocenters. The van der Waals surface area contributed by atoms with Gasteiger partial charge in [0.05, 0.1) is 19.6 Å². The lowest BCUT2D eigenvalue weighted by molar-refractivity contribution is -0.140. The molecule has 0 saturated carbocycles. The lowest BCUT2D eigenvalue weighted by Crippen LogP contribution is -2.57. The third kappa shape index (κ3) is 5.85. The van der Waals surface area contributed by atoms with E-state index in [1.165, 1.54) is 5.56 Å². The fraction of sp³-hybridized carbons (Fsp3) is 0.619. The first-order valence-corrected chi connectivity index (χ1v) is 10.1. The number of piperazine rings is 1. The van der Waals surface area contributed by atoms with Crippen LogP contribution >= 0.6 is 12.4 Å². The molecule has 2 heterocycles. The van der Waals surface area contributed by atoms with Gasteiger partial charge in [0.15, 0.2) is 0 Å². The number of carbonyl (C=O) groups excluding carboxylic acids is 2. The van der Waals surface area contributed by atoms with E-state index in [0.29, 0.717) is 32.0 Å². The Hall–Kier alpha value is -1.79. The Balaban J connectivity index is 0.00000280. The predicted molar refractivity (Wildman–Crippen MR) is 112 cm³/mol. The first-order chi connectivity index (χ1) is 13.0. The highest BCUT2D eigenvalue weighted by Crippen LogP contribution is 2.20. The van der Waals surface area contributed by atoms with Gasteiger partial charge in [-0.1, -0.05) is 26.0 Å². The summed E-state index contributed by atoms with van der Waals surface area (Å²) in [5.74, 6) is 1.56. The maximum atomic E-state index is 12.6. The minimum atomic E-state index is 0. The summed E-state index contributed by atoms with van der Waals surface area (Å²) in [5, 5.41) is 3.10. The van der Waals surface area contributed by atoms with Crippen molar-refractivity contribution >= 4 is 24.2 Å². The molecule has 6 nitrogen and oxygen atoms in total. The molecule has 0 aliphatic carbocycles. The molecule has 156 valence electrons. The number of carbonyl (C=O) groups is 2. The summed E-state index contributed by atoms with van der Waals surface area (Å²) in [6, 6.07) is 8.23. The molecule has 2 fully saturated rings. The zero-order valence-electron chi connectivity index (χ0n) is 16.9. The summed E-state index contributed by atoms with van der Waals surface area (Å²) in [6.45, 7) is 8.11. The van der Waals surface area contributed by atoms with Crippen LogP contribution in [-0.4, -0.2) is 67.0 Å². The first-order valence-electron chi connectivity index (χ1n) is 10.1. The minimum Gasteiger partial charge on any atom is -0.493 e. The van der Waals surface area contributed by atoms with Crippen LogP contribution in [0.2, 0.25) is 0 Å². The highest BCUT2D eigenvalue weighted by molar-refractivity contribution is 5.85. The molecule has 2 aliphatic heterocycles. The van der Waals surface area contributed by atoms with E-state index in [1.54, 1.807) is 0 Å². The number of piperidine rings is 1. The van der Waals surface area contributed by atoms with Gasteiger partial charge >= 0.3 is 0 Å². The Bertz CT molecular complexity index is 651. The zero-order chi connectivity index (χ0) is 19.2. The van der Waals surface area contributed by atoms with Crippen molar-refractivity contribution in [2.45, 2.75) is 45.1 Å². The summed E-state index contributed by atoms with van der Waals surface area (Å²) >= 11 is 0. The van der Waals surface area contributed by atoms with E-state index in [9.17, 15) is 9.59 Å². The van der Waals surface area contributed by atoms with Gasteiger partial charge in [0, 0.05) is 32.2 Å². The second kappa shape index (κ2) is 10.7. The molecule has 1 aromatic carbocycles. The van der Waals surface area contributed by atoms with Crippen molar-refractivity contribution in [1.82, 2.24) is 15.1 Å². The zero-order valence-corrected chi connectivity index (χ0v) is 17.7. The highest BCUT2D eigenvalue weighted by Gasteiger charge is 2.31. The van der Waals surface area contributed by atoms with E-state index < -0.39 is 0 Å². The van der Waals surface area contributed by atoms with Crippen molar-refractivity contribution in [3.63, 3.8) is 0 Å². The molecule has 1 N–H and O–H groups in total. The Labute approximate surface area is 174 Å². The van der Waals surface area contributed by atoms with E-state index in [4.69, 9.17) is 4.74 Å².